The molecule has 0 unspecified atom stereocenters. The fourth-order valence-corrected chi connectivity index (χ4v) is 2.86. The highest BCUT2D eigenvalue weighted by molar-refractivity contribution is 5.78. The Morgan fingerprint density at radius 3 is 2.76 bits per heavy atom. The van der Waals surface area contributed by atoms with Crippen LogP contribution in [0.25, 0.3) is 16.7 Å². The molecule has 3 rings (SSSR count). The molecule has 0 radical (unpaired) electrons. The van der Waals surface area contributed by atoms with Gasteiger partial charge >= 0.3 is 17.1 Å². The quantitative estimate of drug-likeness (QED) is 0.520. The summed E-state index contributed by atoms with van der Waals surface area (Å²) in [5.41, 5.74) is 1.65. The van der Waals surface area contributed by atoms with Crippen molar-refractivity contribution < 1.29 is 9.90 Å². The third kappa shape index (κ3) is 3.37. The van der Waals surface area contributed by atoms with E-state index in [2.05, 4.69) is 9.97 Å². The Morgan fingerprint density at radius 1 is 1.28 bits per heavy atom. The van der Waals surface area contributed by atoms with Crippen LogP contribution >= 0.6 is 0 Å². The minimum absolute atomic E-state index is 0.0370. The van der Waals surface area contributed by atoms with Gasteiger partial charge in [-0.15, -0.1) is 0 Å². The number of H-pyrrole nitrogens is 1. The molecule has 0 atom stereocenters. The van der Waals surface area contributed by atoms with Gasteiger partial charge in [-0.1, -0.05) is 0 Å². The summed E-state index contributed by atoms with van der Waals surface area (Å²) in [5.74, 6) is -0.874. The summed E-state index contributed by atoms with van der Waals surface area (Å²) >= 11 is 0. The highest BCUT2D eigenvalue weighted by atomic mass is 16.4. The fraction of sp³-hybridized carbons (Fsp3) is 0.294. The standard InChI is InChI=1S/C17H18N4O4/c1-11-8-12-14(9-13(11)20-7-5-18-10-20)21(17(25)16(24)19-12)6-3-2-4-15(22)23/h5,7-10H,2-4,6H2,1H3,(H,19,24)(H,22,23). The van der Waals surface area contributed by atoms with Gasteiger partial charge in [-0.2, -0.15) is 0 Å². The lowest BCUT2D eigenvalue weighted by Gasteiger charge is -2.13. The number of carboxylic acid groups (broad SMARTS) is 1. The van der Waals surface area contributed by atoms with E-state index in [1.54, 1.807) is 18.7 Å². The first-order valence-electron chi connectivity index (χ1n) is 7.95. The second kappa shape index (κ2) is 6.76. The van der Waals surface area contributed by atoms with Crippen LogP contribution in [0.1, 0.15) is 24.8 Å². The van der Waals surface area contributed by atoms with Gasteiger partial charge in [0, 0.05) is 25.4 Å². The van der Waals surface area contributed by atoms with E-state index in [0.717, 1.165) is 11.3 Å². The van der Waals surface area contributed by atoms with Crippen molar-refractivity contribution in [3.05, 3.63) is 57.1 Å². The van der Waals surface area contributed by atoms with E-state index in [1.165, 1.54) is 4.57 Å². The zero-order valence-corrected chi connectivity index (χ0v) is 13.7. The Morgan fingerprint density at radius 2 is 2.08 bits per heavy atom. The number of imidazole rings is 1. The second-order valence-corrected chi connectivity index (χ2v) is 5.89. The SMILES string of the molecule is Cc1cc2[nH]c(=O)c(=O)n(CCCCC(=O)O)c2cc1-n1ccnc1. The molecule has 1 aromatic carbocycles. The van der Waals surface area contributed by atoms with Gasteiger partial charge < -0.3 is 19.2 Å². The van der Waals surface area contributed by atoms with Gasteiger partial charge in [-0.25, -0.2) is 4.98 Å². The van der Waals surface area contributed by atoms with Gasteiger partial charge in [0.05, 0.1) is 23.0 Å². The fourth-order valence-electron chi connectivity index (χ4n) is 2.86. The van der Waals surface area contributed by atoms with Crippen molar-refractivity contribution in [3.63, 3.8) is 0 Å². The Balaban J connectivity index is 2.08. The average molecular weight is 342 g/mol. The van der Waals surface area contributed by atoms with Crippen LogP contribution in [0.4, 0.5) is 0 Å². The molecule has 3 aromatic rings. The molecule has 0 spiro atoms. The lowest BCUT2D eigenvalue weighted by Crippen LogP contribution is -2.36. The number of aryl methyl sites for hydroxylation is 2. The van der Waals surface area contributed by atoms with Crippen molar-refractivity contribution in [2.75, 3.05) is 0 Å². The number of carboxylic acids is 1. The number of nitrogens with one attached hydrogen (secondary N) is 1. The number of rotatable bonds is 6. The number of hydrogen-bond donors (Lipinski definition) is 2. The van der Waals surface area contributed by atoms with Gasteiger partial charge in [0.25, 0.3) is 0 Å². The lowest BCUT2D eigenvalue weighted by atomic mass is 10.1. The van der Waals surface area contributed by atoms with Crippen LogP contribution in [-0.2, 0) is 11.3 Å². The van der Waals surface area contributed by atoms with Crippen LogP contribution < -0.4 is 11.1 Å². The number of unbranched alkanes of at least 4 members (excludes halogenated alkanes) is 1. The second-order valence-electron chi connectivity index (χ2n) is 5.89. The molecule has 0 amide bonds. The van der Waals surface area contributed by atoms with Crippen molar-refractivity contribution in [3.8, 4) is 5.69 Å². The molecular weight excluding hydrogens is 324 g/mol. The molecule has 130 valence electrons. The van der Waals surface area contributed by atoms with E-state index in [0.29, 0.717) is 30.4 Å². The van der Waals surface area contributed by atoms with Crippen LogP contribution in [0, 0.1) is 6.92 Å². The number of carbonyl (C=O) groups is 1. The van der Waals surface area contributed by atoms with E-state index in [-0.39, 0.29) is 6.42 Å². The largest absolute Gasteiger partial charge is 0.481 e. The molecule has 2 N–H and O–H groups in total. The highest BCUT2D eigenvalue weighted by Crippen LogP contribution is 2.20. The van der Waals surface area contributed by atoms with Crippen LogP contribution in [0.15, 0.2) is 40.4 Å². The number of aromatic amines is 1. The number of hydrogen-bond acceptors (Lipinski definition) is 4. The highest BCUT2D eigenvalue weighted by Gasteiger charge is 2.11. The van der Waals surface area contributed by atoms with Crippen LogP contribution in [0.2, 0.25) is 0 Å². The first kappa shape index (κ1) is 16.7. The van der Waals surface area contributed by atoms with E-state index in [1.807, 2.05) is 23.6 Å². The smallest absolute Gasteiger partial charge is 0.316 e. The van der Waals surface area contributed by atoms with Crippen LogP contribution in [0.3, 0.4) is 0 Å². The lowest BCUT2D eigenvalue weighted by molar-refractivity contribution is -0.137. The van der Waals surface area contributed by atoms with Gasteiger partial charge in [0.2, 0.25) is 0 Å². The van der Waals surface area contributed by atoms with Crippen LogP contribution in [0.5, 0.6) is 0 Å². The summed E-state index contributed by atoms with van der Waals surface area (Å²) < 4.78 is 3.25. The number of aliphatic carboxylic acids is 1. The molecular formula is C17H18N4O4. The maximum absolute atomic E-state index is 12.3. The molecule has 0 aliphatic rings. The van der Waals surface area contributed by atoms with E-state index in [4.69, 9.17) is 5.11 Å². The zero-order valence-electron chi connectivity index (χ0n) is 13.7. The van der Waals surface area contributed by atoms with Gasteiger partial charge in [-0.05, 0) is 37.5 Å². The van der Waals surface area contributed by atoms with E-state index in [9.17, 15) is 14.4 Å². The topological polar surface area (TPSA) is 110 Å². The summed E-state index contributed by atoms with van der Waals surface area (Å²) in [6.45, 7) is 2.20. The van der Waals surface area contributed by atoms with E-state index >= 15 is 0 Å². The summed E-state index contributed by atoms with van der Waals surface area (Å²) in [5, 5.41) is 8.72. The van der Waals surface area contributed by atoms with Crippen molar-refractivity contribution in [1.82, 2.24) is 19.1 Å². The predicted molar refractivity (Wildman–Crippen MR) is 92.2 cm³/mol. The van der Waals surface area contributed by atoms with Crippen molar-refractivity contribution in [2.24, 2.45) is 0 Å². The van der Waals surface area contributed by atoms with Crippen molar-refractivity contribution >= 4 is 17.0 Å². The number of nitrogens with zero attached hydrogens (tertiary/aromatic N) is 3. The molecule has 8 heteroatoms. The molecule has 2 aromatic heterocycles. The minimum atomic E-state index is -0.874. The maximum Gasteiger partial charge on any atom is 0.316 e. The number of aromatic nitrogens is 4. The summed E-state index contributed by atoms with van der Waals surface area (Å²) in [4.78, 5) is 41.5. The maximum atomic E-state index is 12.3. The summed E-state index contributed by atoms with van der Waals surface area (Å²) in [6, 6.07) is 3.65. The monoisotopic (exact) mass is 342 g/mol. The van der Waals surface area contributed by atoms with E-state index < -0.39 is 17.1 Å². The average Bonchev–Trinajstić information content (AvgIpc) is 3.08. The Bertz CT molecular complexity index is 1030. The Kier molecular flexibility index (Phi) is 4.51. The van der Waals surface area contributed by atoms with Gasteiger partial charge in [0.15, 0.2) is 0 Å². The third-order valence-corrected chi connectivity index (χ3v) is 4.10. The molecule has 0 bridgehead atoms. The number of benzene rings is 1. The summed E-state index contributed by atoms with van der Waals surface area (Å²) in [7, 11) is 0. The number of fused-ring (bicyclic) bond motifs is 1. The predicted octanol–water partition coefficient (Wildman–Crippen LogP) is 1.44. The third-order valence-electron chi connectivity index (χ3n) is 4.10. The molecule has 0 fully saturated rings. The first-order valence-corrected chi connectivity index (χ1v) is 7.95. The molecule has 25 heavy (non-hydrogen) atoms. The first-order chi connectivity index (χ1) is 12.0. The normalized spacial score (nSPS) is 11.1. The molecule has 0 aliphatic heterocycles. The van der Waals surface area contributed by atoms with Crippen molar-refractivity contribution in [2.45, 2.75) is 32.7 Å². The van der Waals surface area contributed by atoms with Gasteiger partial charge in [-0.3, -0.25) is 14.4 Å². The molecule has 8 nitrogen and oxygen atoms in total. The molecule has 0 aliphatic carbocycles. The van der Waals surface area contributed by atoms with Crippen molar-refractivity contribution in [1.29, 1.82) is 0 Å². The molecule has 0 saturated carbocycles. The van der Waals surface area contributed by atoms with Gasteiger partial charge in [0.1, 0.15) is 0 Å². The summed E-state index contributed by atoms with van der Waals surface area (Å²) in [6.07, 6.45) is 6.10. The molecule has 2 heterocycles. The van der Waals surface area contributed by atoms with Crippen LogP contribution in [-0.4, -0.2) is 30.2 Å². The Labute approximate surface area is 142 Å². The zero-order chi connectivity index (χ0) is 18.0. The Hall–Kier alpha value is -3.16. The minimum Gasteiger partial charge on any atom is -0.481 e. The molecule has 0 saturated heterocycles.